The van der Waals surface area contributed by atoms with Crippen LogP contribution in [-0.2, 0) is 0 Å². The van der Waals surface area contributed by atoms with Crippen molar-refractivity contribution in [1.82, 2.24) is 0 Å². The zero-order valence-electron chi connectivity index (χ0n) is 20.1. The molecule has 0 saturated heterocycles. The van der Waals surface area contributed by atoms with Crippen molar-refractivity contribution in [3.8, 4) is 23.3 Å². The summed E-state index contributed by atoms with van der Waals surface area (Å²) in [5.41, 5.74) is 0.312. The van der Waals surface area contributed by atoms with Gasteiger partial charge in [0, 0.05) is 30.9 Å². The Morgan fingerprint density at radius 1 is 0.750 bits per heavy atom. The largest absolute Gasteiger partial charge is 0.508 e. The molecule has 0 aliphatic heterocycles. The lowest BCUT2D eigenvalue weighted by Gasteiger charge is -2.30. The first-order valence-corrected chi connectivity index (χ1v) is 11.6. The Kier molecular flexibility index (Phi) is 12.1. The molecule has 0 aliphatic rings. The van der Waals surface area contributed by atoms with Gasteiger partial charge in [0.1, 0.15) is 17.6 Å². The molecular formula is C26H42O6. The van der Waals surface area contributed by atoms with E-state index in [4.69, 9.17) is 0 Å². The fourth-order valence-electron chi connectivity index (χ4n) is 4.30. The van der Waals surface area contributed by atoms with Gasteiger partial charge in [0.15, 0.2) is 0 Å². The summed E-state index contributed by atoms with van der Waals surface area (Å²) in [6, 6.07) is 3.90. The second-order valence-electron chi connectivity index (χ2n) is 9.89. The molecule has 0 radical (unpaired) electrons. The van der Waals surface area contributed by atoms with Gasteiger partial charge in [-0.2, -0.15) is 0 Å². The predicted octanol–water partition coefficient (Wildman–Crippen LogP) is 3.59. The van der Waals surface area contributed by atoms with Crippen molar-refractivity contribution in [2.45, 2.75) is 78.6 Å². The number of rotatable bonds is 12. The van der Waals surface area contributed by atoms with Gasteiger partial charge < -0.3 is 30.6 Å². The number of phenols is 2. The van der Waals surface area contributed by atoms with Gasteiger partial charge in [-0.1, -0.05) is 46.5 Å². The van der Waals surface area contributed by atoms with Crippen LogP contribution in [0.25, 0.3) is 0 Å². The summed E-state index contributed by atoms with van der Waals surface area (Å²) in [7, 11) is 0. The average Bonchev–Trinajstić information content (AvgIpc) is 2.68. The molecule has 0 heterocycles. The van der Waals surface area contributed by atoms with E-state index < -0.39 is 24.2 Å². The average molecular weight is 451 g/mol. The summed E-state index contributed by atoms with van der Waals surface area (Å²) in [5, 5.41) is 60.7. The van der Waals surface area contributed by atoms with Crippen molar-refractivity contribution in [2.24, 2.45) is 29.6 Å². The van der Waals surface area contributed by atoms with E-state index in [0.717, 1.165) is 12.8 Å². The topological polar surface area (TPSA) is 121 Å². The molecule has 6 heteroatoms. The molecule has 6 nitrogen and oxygen atoms in total. The second-order valence-corrected chi connectivity index (χ2v) is 9.89. The zero-order valence-corrected chi connectivity index (χ0v) is 20.1. The minimum absolute atomic E-state index is 0.00390. The Hall–Kier alpha value is -1.78. The third kappa shape index (κ3) is 10.2. The molecular weight excluding hydrogens is 408 g/mol. The van der Waals surface area contributed by atoms with Gasteiger partial charge in [-0.05, 0) is 54.7 Å². The van der Waals surface area contributed by atoms with Crippen molar-refractivity contribution < 1.29 is 30.6 Å². The first-order chi connectivity index (χ1) is 14.9. The van der Waals surface area contributed by atoms with E-state index in [9.17, 15) is 30.6 Å². The summed E-state index contributed by atoms with van der Waals surface area (Å²) < 4.78 is 0. The fourth-order valence-corrected chi connectivity index (χ4v) is 4.30. The van der Waals surface area contributed by atoms with E-state index in [1.165, 1.54) is 18.2 Å². The lowest BCUT2D eigenvalue weighted by Crippen LogP contribution is -2.31. The Morgan fingerprint density at radius 3 is 1.88 bits per heavy atom. The van der Waals surface area contributed by atoms with Gasteiger partial charge in [0.2, 0.25) is 0 Å². The van der Waals surface area contributed by atoms with Crippen molar-refractivity contribution >= 4 is 0 Å². The highest BCUT2D eigenvalue weighted by Crippen LogP contribution is 2.35. The maximum Gasteiger partial charge on any atom is 0.119 e. The highest BCUT2D eigenvalue weighted by Gasteiger charge is 2.30. The van der Waals surface area contributed by atoms with Gasteiger partial charge in [0.05, 0.1) is 12.2 Å². The molecule has 6 N–H and O–H groups in total. The molecule has 7 atom stereocenters. The Bertz CT molecular complexity index is 717. The summed E-state index contributed by atoms with van der Waals surface area (Å²) >= 11 is 0. The molecule has 1 unspecified atom stereocenters. The maximum absolute atomic E-state index is 10.9. The highest BCUT2D eigenvalue weighted by molar-refractivity contribution is 5.38. The third-order valence-electron chi connectivity index (χ3n) is 5.74. The number of benzene rings is 1. The van der Waals surface area contributed by atoms with Crippen molar-refractivity contribution in [3.05, 3.63) is 23.8 Å². The Labute approximate surface area is 192 Å². The lowest BCUT2D eigenvalue weighted by atomic mass is 9.82. The van der Waals surface area contributed by atoms with Gasteiger partial charge in [-0.3, -0.25) is 0 Å². The summed E-state index contributed by atoms with van der Waals surface area (Å²) in [6.45, 7) is 10.3. The molecule has 32 heavy (non-hydrogen) atoms. The smallest absolute Gasteiger partial charge is 0.119 e. The van der Waals surface area contributed by atoms with E-state index in [-0.39, 0.29) is 42.3 Å². The standard InChI is InChI=1S/C26H42O6/c1-16(2)8-24(26(32)20-11-22(29)13-23(30)12-20)25(31)14-21(28)7-6-17(3)9-18(4)10-19(5)15-27/h11-13,16-19,21,24-32H,8-10,14-15H2,1-5H3/t17-,18-,19-,21?,24-,25-,26+/m1/s1. The number of aliphatic hydroxyl groups is 4. The molecule has 182 valence electrons. The van der Waals surface area contributed by atoms with Crippen LogP contribution in [0.5, 0.6) is 11.5 Å². The normalized spacial score (nSPS) is 18.2. The van der Waals surface area contributed by atoms with E-state index in [0.29, 0.717) is 17.9 Å². The fraction of sp³-hybridized carbons (Fsp3) is 0.692. The van der Waals surface area contributed by atoms with Crippen LogP contribution in [0, 0.1) is 41.4 Å². The summed E-state index contributed by atoms with van der Waals surface area (Å²) in [4.78, 5) is 0. The summed E-state index contributed by atoms with van der Waals surface area (Å²) in [6.07, 6.45) is -0.879. The molecule has 0 spiro atoms. The van der Waals surface area contributed by atoms with Crippen LogP contribution in [0.15, 0.2) is 18.2 Å². The second kappa shape index (κ2) is 13.7. The van der Waals surface area contributed by atoms with E-state index in [2.05, 4.69) is 18.8 Å². The van der Waals surface area contributed by atoms with E-state index in [1.54, 1.807) is 0 Å². The number of aliphatic hydroxyl groups excluding tert-OH is 4. The van der Waals surface area contributed by atoms with Gasteiger partial charge in [0.25, 0.3) is 0 Å². The summed E-state index contributed by atoms with van der Waals surface area (Å²) in [5.74, 6) is 5.89. The van der Waals surface area contributed by atoms with E-state index >= 15 is 0 Å². The molecule has 0 aromatic heterocycles. The molecule has 0 amide bonds. The van der Waals surface area contributed by atoms with Gasteiger partial charge in [-0.25, -0.2) is 0 Å². The predicted molar refractivity (Wildman–Crippen MR) is 126 cm³/mol. The first kappa shape index (κ1) is 28.3. The number of hydrogen-bond donors (Lipinski definition) is 6. The monoisotopic (exact) mass is 450 g/mol. The van der Waals surface area contributed by atoms with Gasteiger partial charge >= 0.3 is 0 Å². The van der Waals surface area contributed by atoms with Crippen LogP contribution >= 0.6 is 0 Å². The van der Waals surface area contributed by atoms with Crippen LogP contribution in [0.2, 0.25) is 0 Å². The van der Waals surface area contributed by atoms with Crippen LogP contribution in [0.3, 0.4) is 0 Å². The van der Waals surface area contributed by atoms with Crippen LogP contribution in [-0.4, -0.2) is 49.5 Å². The molecule has 1 rings (SSSR count). The van der Waals surface area contributed by atoms with Crippen molar-refractivity contribution in [2.75, 3.05) is 6.61 Å². The maximum atomic E-state index is 10.9. The van der Waals surface area contributed by atoms with Gasteiger partial charge in [-0.15, -0.1) is 0 Å². The zero-order chi connectivity index (χ0) is 24.4. The number of hydrogen-bond acceptors (Lipinski definition) is 6. The van der Waals surface area contributed by atoms with Crippen molar-refractivity contribution in [3.63, 3.8) is 0 Å². The van der Waals surface area contributed by atoms with E-state index in [1.807, 2.05) is 27.7 Å². The van der Waals surface area contributed by atoms with Crippen LogP contribution < -0.4 is 0 Å². The third-order valence-corrected chi connectivity index (χ3v) is 5.74. The lowest BCUT2D eigenvalue weighted by molar-refractivity contribution is -0.0165. The molecule has 0 saturated carbocycles. The SMILES string of the molecule is CC(C)C[C@H]([C@H](O)CC(O)C#C[C@@H](C)C[C@@H](C)C[C@@H](C)CO)[C@@H](O)c1cc(O)cc(O)c1. The quantitative estimate of drug-likeness (QED) is 0.271. The molecule has 1 aromatic carbocycles. The Morgan fingerprint density at radius 2 is 1.34 bits per heavy atom. The number of phenolic OH excluding ortho intramolecular Hbond substituents is 2. The number of aromatic hydroxyl groups is 2. The minimum atomic E-state index is -1.11. The first-order valence-electron chi connectivity index (χ1n) is 11.6. The minimum Gasteiger partial charge on any atom is -0.508 e. The molecule has 1 aromatic rings. The van der Waals surface area contributed by atoms with Crippen molar-refractivity contribution in [1.29, 1.82) is 0 Å². The Balaban J connectivity index is 2.79. The highest BCUT2D eigenvalue weighted by atomic mass is 16.3. The van der Waals surface area contributed by atoms with Crippen LogP contribution in [0.1, 0.15) is 72.0 Å². The molecule has 0 aliphatic carbocycles. The molecule has 0 fully saturated rings. The van der Waals surface area contributed by atoms with Crippen LogP contribution in [0.4, 0.5) is 0 Å². The molecule has 0 bridgehead atoms.